The van der Waals surface area contributed by atoms with Crippen LogP contribution in [0.4, 0.5) is 10.1 Å². The van der Waals surface area contributed by atoms with Gasteiger partial charge >= 0.3 is 0 Å². The van der Waals surface area contributed by atoms with Crippen LogP contribution < -0.4 is 9.62 Å². The molecule has 0 radical (unpaired) electrons. The number of carbonyl (C=O) groups is 2. The number of halogens is 1. The molecule has 1 atom stereocenters. The van der Waals surface area contributed by atoms with E-state index >= 15 is 0 Å². The van der Waals surface area contributed by atoms with Crippen molar-refractivity contribution in [1.29, 1.82) is 0 Å². The van der Waals surface area contributed by atoms with Crippen molar-refractivity contribution in [3.8, 4) is 0 Å². The number of nitrogens with zero attached hydrogens (tertiary/aromatic N) is 2. The molecule has 0 bridgehead atoms. The monoisotopic (exact) mass is 503 g/mol. The molecule has 1 aliphatic rings. The summed E-state index contributed by atoms with van der Waals surface area (Å²) in [5, 5.41) is 3.06. The third-order valence-corrected chi connectivity index (χ3v) is 7.49. The highest BCUT2D eigenvalue weighted by molar-refractivity contribution is 7.92. The van der Waals surface area contributed by atoms with Crippen molar-refractivity contribution in [1.82, 2.24) is 10.2 Å². The molecular weight excluding hydrogens is 469 g/mol. The second-order valence-electron chi connectivity index (χ2n) is 9.14. The molecule has 1 N–H and O–H groups in total. The maximum absolute atomic E-state index is 14.5. The fraction of sp³-hybridized carbons (Fsp3) is 0.462. The fourth-order valence-corrected chi connectivity index (χ4v) is 5.28. The number of amides is 2. The van der Waals surface area contributed by atoms with Crippen LogP contribution in [-0.2, 0) is 26.2 Å². The van der Waals surface area contributed by atoms with Gasteiger partial charge in [0.2, 0.25) is 21.8 Å². The first kappa shape index (κ1) is 26.7. The van der Waals surface area contributed by atoms with Gasteiger partial charge in [0, 0.05) is 12.6 Å². The van der Waals surface area contributed by atoms with E-state index in [1.165, 1.54) is 23.1 Å². The average molecular weight is 504 g/mol. The van der Waals surface area contributed by atoms with E-state index in [0.29, 0.717) is 6.42 Å². The molecule has 35 heavy (non-hydrogen) atoms. The Labute approximate surface area is 207 Å². The number of nitrogens with one attached hydrogen (secondary N) is 1. The highest BCUT2D eigenvalue weighted by atomic mass is 32.2. The van der Waals surface area contributed by atoms with Crippen LogP contribution >= 0.6 is 0 Å². The van der Waals surface area contributed by atoms with Gasteiger partial charge in [-0.15, -0.1) is 0 Å². The molecule has 1 aliphatic carbocycles. The van der Waals surface area contributed by atoms with Crippen molar-refractivity contribution in [2.24, 2.45) is 0 Å². The predicted octanol–water partition coefficient (Wildman–Crippen LogP) is 3.77. The van der Waals surface area contributed by atoms with Crippen molar-refractivity contribution in [3.05, 3.63) is 65.5 Å². The van der Waals surface area contributed by atoms with E-state index in [1.54, 1.807) is 0 Å². The minimum atomic E-state index is -3.97. The highest BCUT2D eigenvalue weighted by Gasteiger charge is 2.33. The van der Waals surface area contributed by atoms with E-state index in [4.69, 9.17) is 0 Å². The molecule has 2 aromatic rings. The molecule has 9 heteroatoms. The second-order valence-corrected chi connectivity index (χ2v) is 11.0. The number of sulfonamides is 1. The molecular formula is C26H34FN3O4S. The number of benzene rings is 2. The lowest BCUT2D eigenvalue weighted by atomic mass is 10.1. The van der Waals surface area contributed by atoms with Crippen LogP contribution in [0, 0.1) is 12.7 Å². The van der Waals surface area contributed by atoms with Gasteiger partial charge in [-0.2, -0.15) is 0 Å². The minimum Gasteiger partial charge on any atom is -0.352 e. The van der Waals surface area contributed by atoms with Gasteiger partial charge < -0.3 is 10.2 Å². The molecule has 3 rings (SSSR count). The number of hydrogen-bond acceptors (Lipinski definition) is 4. The number of aryl methyl sites for hydroxylation is 1. The summed E-state index contributed by atoms with van der Waals surface area (Å²) >= 11 is 0. The van der Waals surface area contributed by atoms with Gasteiger partial charge in [0.25, 0.3) is 0 Å². The Balaban J connectivity index is 1.92. The standard InChI is InChI=1S/C26H34FN3O4S/c1-4-23(26(32)28-21-9-5-6-10-21)29(17-20-15-13-19(2)14-16-20)25(31)18-30(35(3,33)34)24-12-8-7-11-22(24)27/h7-8,11-16,21,23H,4-6,9-10,17-18H2,1-3H3,(H,28,32). The van der Waals surface area contributed by atoms with Gasteiger partial charge in [-0.1, -0.05) is 61.7 Å². The van der Waals surface area contributed by atoms with Crippen LogP contribution in [0.25, 0.3) is 0 Å². The van der Waals surface area contributed by atoms with Gasteiger partial charge in [0.1, 0.15) is 18.4 Å². The summed E-state index contributed by atoms with van der Waals surface area (Å²) in [7, 11) is -3.97. The highest BCUT2D eigenvalue weighted by Crippen LogP contribution is 2.23. The summed E-state index contributed by atoms with van der Waals surface area (Å²) in [5.74, 6) is -1.58. The van der Waals surface area contributed by atoms with E-state index in [1.807, 2.05) is 38.1 Å². The minimum absolute atomic E-state index is 0.0822. The van der Waals surface area contributed by atoms with Gasteiger partial charge in [0.05, 0.1) is 11.9 Å². The molecule has 0 aliphatic heterocycles. The summed E-state index contributed by atoms with van der Waals surface area (Å²) in [6.07, 6.45) is 5.21. The zero-order chi connectivity index (χ0) is 25.6. The predicted molar refractivity (Wildman–Crippen MR) is 135 cm³/mol. The fourth-order valence-electron chi connectivity index (χ4n) is 4.43. The Bertz CT molecular complexity index is 1130. The van der Waals surface area contributed by atoms with Gasteiger partial charge in [-0.3, -0.25) is 13.9 Å². The Morgan fingerprint density at radius 1 is 1.09 bits per heavy atom. The van der Waals surface area contributed by atoms with Crippen molar-refractivity contribution in [2.45, 2.75) is 64.6 Å². The lowest BCUT2D eigenvalue weighted by Gasteiger charge is -2.33. The number of rotatable bonds is 10. The summed E-state index contributed by atoms with van der Waals surface area (Å²) in [6, 6.07) is 12.3. The van der Waals surface area contributed by atoms with E-state index in [0.717, 1.165) is 53.4 Å². The van der Waals surface area contributed by atoms with Crippen molar-refractivity contribution in [2.75, 3.05) is 17.1 Å². The quantitative estimate of drug-likeness (QED) is 0.535. The molecule has 2 aromatic carbocycles. The number of anilines is 1. The van der Waals surface area contributed by atoms with Crippen LogP contribution in [0.2, 0.25) is 0 Å². The SMILES string of the molecule is CCC(C(=O)NC1CCCC1)N(Cc1ccc(C)cc1)C(=O)CN(c1ccccc1F)S(C)(=O)=O. The third-order valence-electron chi connectivity index (χ3n) is 6.36. The average Bonchev–Trinajstić information content (AvgIpc) is 3.31. The first-order valence-electron chi connectivity index (χ1n) is 12.0. The largest absolute Gasteiger partial charge is 0.352 e. The summed E-state index contributed by atoms with van der Waals surface area (Å²) in [6.45, 7) is 3.29. The van der Waals surface area contributed by atoms with Gasteiger partial charge in [0.15, 0.2) is 0 Å². The topological polar surface area (TPSA) is 86.8 Å². The number of para-hydroxylation sites is 1. The molecule has 1 saturated carbocycles. The van der Waals surface area contributed by atoms with Crippen LogP contribution in [0.15, 0.2) is 48.5 Å². The summed E-state index contributed by atoms with van der Waals surface area (Å²) < 4.78 is 40.4. The molecule has 7 nitrogen and oxygen atoms in total. The Kier molecular flexibility index (Phi) is 8.88. The molecule has 0 spiro atoms. The van der Waals surface area contributed by atoms with E-state index < -0.39 is 34.3 Å². The molecule has 1 unspecified atom stereocenters. The maximum atomic E-state index is 14.5. The normalized spacial score (nSPS) is 15.0. The van der Waals surface area contributed by atoms with Gasteiger partial charge in [-0.25, -0.2) is 12.8 Å². The van der Waals surface area contributed by atoms with Crippen LogP contribution in [0.3, 0.4) is 0 Å². The molecule has 0 saturated heterocycles. The molecule has 0 aromatic heterocycles. The van der Waals surface area contributed by atoms with Crippen LogP contribution in [-0.4, -0.2) is 50.0 Å². The number of carbonyl (C=O) groups excluding carboxylic acids is 2. The lowest BCUT2D eigenvalue weighted by Crippen LogP contribution is -2.53. The molecule has 1 fully saturated rings. The smallest absolute Gasteiger partial charge is 0.244 e. The first-order valence-corrected chi connectivity index (χ1v) is 13.8. The molecule has 2 amide bonds. The number of hydrogen-bond donors (Lipinski definition) is 1. The maximum Gasteiger partial charge on any atom is 0.244 e. The van der Waals surface area contributed by atoms with Crippen LogP contribution in [0.5, 0.6) is 0 Å². The van der Waals surface area contributed by atoms with Crippen LogP contribution in [0.1, 0.15) is 50.2 Å². The molecule has 0 heterocycles. The van der Waals surface area contributed by atoms with Gasteiger partial charge in [-0.05, 0) is 43.9 Å². The van der Waals surface area contributed by atoms with E-state index in [-0.39, 0.29) is 24.2 Å². The van der Waals surface area contributed by atoms with E-state index in [2.05, 4.69) is 5.32 Å². The van der Waals surface area contributed by atoms with E-state index in [9.17, 15) is 22.4 Å². The Morgan fingerprint density at radius 2 is 1.71 bits per heavy atom. The Morgan fingerprint density at radius 3 is 2.29 bits per heavy atom. The Hall–Kier alpha value is -2.94. The molecule has 190 valence electrons. The summed E-state index contributed by atoms with van der Waals surface area (Å²) in [4.78, 5) is 28.3. The van der Waals surface area contributed by atoms with Crippen molar-refractivity contribution >= 4 is 27.5 Å². The summed E-state index contributed by atoms with van der Waals surface area (Å²) in [5.41, 5.74) is 1.66. The zero-order valence-corrected chi connectivity index (χ0v) is 21.4. The zero-order valence-electron chi connectivity index (χ0n) is 20.5. The first-order chi connectivity index (χ1) is 16.6. The lowest BCUT2D eigenvalue weighted by molar-refractivity contribution is -0.140. The van der Waals surface area contributed by atoms with Crippen molar-refractivity contribution in [3.63, 3.8) is 0 Å². The second kappa shape index (κ2) is 11.7. The third kappa shape index (κ3) is 7.04. The van der Waals surface area contributed by atoms with Crippen molar-refractivity contribution < 1.29 is 22.4 Å².